The lowest BCUT2D eigenvalue weighted by atomic mass is 10.2. The van der Waals surface area contributed by atoms with Crippen LogP contribution in [0.2, 0.25) is 5.02 Å². The zero-order valence-electron chi connectivity index (χ0n) is 13.2. The summed E-state index contributed by atoms with van der Waals surface area (Å²) in [5.41, 5.74) is 1.18. The zero-order valence-corrected chi connectivity index (χ0v) is 16.3. The van der Waals surface area contributed by atoms with Gasteiger partial charge in [-0.05, 0) is 38.6 Å². The highest BCUT2D eigenvalue weighted by atomic mass is 127. The first kappa shape index (κ1) is 20.5. The van der Waals surface area contributed by atoms with E-state index in [-0.39, 0.29) is 24.0 Å². The molecule has 0 spiro atoms. The third-order valence-electron chi connectivity index (χ3n) is 3.24. The van der Waals surface area contributed by atoms with Crippen molar-refractivity contribution < 1.29 is 0 Å². The van der Waals surface area contributed by atoms with Crippen molar-refractivity contribution in [1.82, 2.24) is 15.5 Å². The van der Waals surface area contributed by atoms with Crippen molar-refractivity contribution in [2.45, 2.75) is 26.4 Å². The van der Waals surface area contributed by atoms with E-state index in [1.807, 2.05) is 24.3 Å². The summed E-state index contributed by atoms with van der Waals surface area (Å²) >= 11 is 5.86. The van der Waals surface area contributed by atoms with E-state index in [1.165, 1.54) is 5.56 Å². The summed E-state index contributed by atoms with van der Waals surface area (Å²) in [5.74, 6) is 0.817. The number of nitrogens with one attached hydrogen (secondary N) is 2. The molecule has 1 aromatic rings. The number of halogens is 2. The van der Waals surface area contributed by atoms with E-state index >= 15 is 0 Å². The summed E-state index contributed by atoms with van der Waals surface area (Å²) in [7, 11) is 3.90. The summed E-state index contributed by atoms with van der Waals surface area (Å²) in [6.07, 6.45) is 0. The molecule has 0 heterocycles. The van der Waals surface area contributed by atoms with Crippen molar-refractivity contribution in [2.75, 3.05) is 27.2 Å². The van der Waals surface area contributed by atoms with Crippen LogP contribution < -0.4 is 10.6 Å². The fraction of sp³-hybridized carbons (Fsp3) is 0.533. The van der Waals surface area contributed by atoms with Crippen molar-refractivity contribution in [1.29, 1.82) is 0 Å². The highest BCUT2D eigenvalue weighted by molar-refractivity contribution is 14.0. The van der Waals surface area contributed by atoms with Crippen LogP contribution in [0.3, 0.4) is 0 Å². The van der Waals surface area contributed by atoms with Gasteiger partial charge in [0.1, 0.15) is 0 Å². The third kappa shape index (κ3) is 8.48. The fourth-order valence-corrected chi connectivity index (χ4v) is 1.74. The molecule has 2 N–H and O–H groups in total. The molecular weight excluding hydrogens is 399 g/mol. The van der Waals surface area contributed by atoms with E-state index in [4.69, 9.17) is 11.6 Å². The Morgan fingerprint density at radius 3 is 2.38 bits per heavy atom. The molecular formula is C15H26ClIN4. The summed E-state index contributed by atoms with van der Waals surface area (Å²) in [6, 6.07) is 8.36. The summed E-state index contributed by atoms with van der Waals surface area (Å²) in [4.78, 5) is 6.50. The predicted octanol–water partition coefficient (Wildman–Crippen LogP) is 2.96. The Kier molecular flexibility index (Phi) is 10.8. The maximum Gasteiger partial charge on any atom is 0.191 e. The van der Waals surface area contributed by atoms with Gasteiger partial charge >= 0.3 is 0 Å². The molecule has 0 aliphatic carbocycles. The van der Waals surface area contributed by atoms with Gasteiger partial charge < -0.3 is 15.5 Å². The Balaban J connectivity index is 0.00000400. The van der Waals surface area contributed by atoms with E-state index in [2.05, 4.69) is 41.4 Å². The minimum Gasteiger partial charge on any atom is -0.355 e. The minimum atomic E-state index is 0. The van der Waals surface area contributed by atoms with Gasteiger partial charge in [0.2, 0.25) is 0 Å². The van der Waals surface area contributed by atoms with Crippen molar-refractivity contribution in [3.05, 3.63) is 34.9 Å². The van der Waals surface area contributed by atoms with Gasteiger partial charge in [-0.15, -0.1) is 24.0 Å². The van der Waals surface area contributed by atoms with Crippen molar-refractivity contribution in [2.24, 2.45) is 4.99 Å². The number of rotatable bonds is 6. The van der Waals surface area contributed by atoms with Gasteiger partial charge in [0.25, 0.3) is 0 Å². The van der Waals surface area contributed by atoms with Gasteiger partial charge in [0, 0.05) is 37.7 Å². The average Bonchev–Trinajstić information content (AvgIpc) is 2.44. The van der Waals surface area contributed by atoms with E-state index in [0.29, 0.717) is 6.04 Å². The molecule has 0 amide bonds. The molecule has 4 nitrogen and oxygen atoms in total. The number of aliphatic imine (C=N–C) groups is 1. The Morgan fingerprint density at radius 1 is 1.24 bits per heavy atom. The Hall–Kier alpha value is -0.530. The van der Waals surface area contributed by atoms with Gasteiger partial charge in [0.15, 0.2) is 5.96 Å². The Bertz CT molecular complexity index is 420. The predicted molar refractivity (Wildman–Crippen MR) is 103 cm³/mol. The van der Waals surface area contributed by atoms with E-state index in [9.17, 15) is 0 Å². The topological polar surface area (TPSA) is 39.7 Å². The first-order chi connectivity index (χ1) is 9.52. The number of nitrogens with zero attached hydrogens (tertiary/aromatic N) is 2. The lowest BCUT2D eigenvalue weighted by Crippen LogP contribution is -2.41. The van der Waals surface area contributed by atoms with Crippen molar-refractivity contribution in [3.8, 4) is 0 Å². The second-order valence-electron chi connectivity index (χ2n) is 5.05. The molecule has 0 saturated carbocycles. The van der Waals surface area contributed by atoms with Crippen molar-refractivity contribution in [3.63, 3.8) is 0 Å². The molecule has 0 radical (unpaired) electrons. The normalized spacial score (nSPS) is 11.5. The molecule has 0 saturated heterocycles. The molecule has 0 aliphatic rings. The van der Waals surface area contributed by atoms with E-state index < -0.39 is 0 Å². The quantitative estimate of drug-likeness (QED) is 0.419. The number of guanidine groups is 1. The first-order valence-electron chi connectivity index (χ1n) is 6.92. The van der Waals surface area contributed by atoms with Crippen LogP contribution >= 0.6 is 35.6 Å². The third-order valence-corrected chi connectivity index (χ3v) is 3.49. The van der Waals surface area contributed by atoms with Crippen molar-refractivity contribution >= 4 is 41.5 Å². The SMILES string of the molecule is CN=C(NCCN(C)C(C)C)NCc1ccc(Cl)cc1.I. The standard InChI is InChI=1S/C15H25ClN4.HI/c1-12(2)20(4)10-9-18-15(17-3)19-11-13-5-7-14(16)8-6-13;/h5-8,12H,9-11H2,1-4H3,(H2,17,18,19);1H. The molecule has 1 rings (SSSR count). The molecule has 1 aromatic carbocycles. The number of hydrogen-bond donors (Lipinski definition) is 2. The molecule has 0 unspecified atom stereocenters. The monoisotopic (exact) mass is 424 g/mol. The maximum atomic E-state index is 5.86. The van der Waals surface area contributed by atoms with Gasteiger partial charge in [-0.25, -0.2) is 0 Å². The van der Waals surface area contributed by atoms with Gasteiger partial charge in [-0.3, -0.25) is 4.99 Å². The van der Waals surface area contributed by atoms with E-state index in [1.54, 1.807) is 7.05 Å². The van der Waals surface area contributed by atoms with Gasteiger partial charge in [0.05, 0.1) is 0 Å². The molecule has 0 aliphatic heterocycles. The molecule has 0 fully saturated rings. The lowest BCUT2D eigenvalue weighted by molar-refractivity contribution is 0.278. The minimum absolute atomic E-state index is 0. The fourth-order valence-electron chi connectivity index (χ4n) is 1.62. The first-order valence-corrected chi connectivity index (χ1v) is 7.30. The lowest BCUT2D eigenvalue weighted by Gasteiger charge is -2.21. The van der Waals surface area contributed by atoms with Crippen LogP contribution in [0.25, 0.3) is 0 Å². The van der Waals surface area contributed by atoms with Crippen LogP contribution in [-0.2, 0) is 6.54 Å². The van der Waals surface area contributed by atoms with E-state index in [0.717, 1.165) is 30.6 Å². The summed E-state index contributed by atoms with van der Waals surface area (Å²) in [5, 5.41) is 7.35. The summed E-state index contributed by atoms with van der Waals surface area (Å²) < 4.78 is 0. The number of benzene rings is 1. The van der Waals surface area contributed by atoms with Crippen LogP contribution in [0.5, 0.6) is 0 Å². The number of likely N-dealkylation sites (N-methyl/N-ethyl adjacent to an activating group) is 1. The molecule has 6 heteroatoms. The molecule has 21 heavy (non-hydrogen) atoms. The van der Waals surface area contributed by atoms with Crippen LogP contribution in [-0.4, -0.2) is 44.1 Å². The second kappa shape index (κ2) is 11.1. The van der Waals surface area contributed by atoms with Crippen LogP contribution in [0, 0.1) is 0 Å². The molecule has 0 atom stereocenters. The number of hydrogen-bond acceptors (Lipinski definition) is 2. The average molecular weight is 425 g/mol. The molecule has 120 valence electrons. The highest BCUT2D eigenvalue weighted by Gasteiger charge is 2.03. The van der Waals surface area contributed by atoms with Crippen LogP contribution in [0.1, 0.15) is 19.4 Å². The van der Waals surface area contributed by atoms with Crippen LogP contribution in [0.4, 0.5) is 0 Å². The van der Waals surface area contributed by atoms with Crippen LogP contribution in [0.15, 0.2) is 29.3 Å². The summed E-state index contributed by atoms with van der Waals surface area (Å²) in [6.45, 7) is 6.96. The second-order valence-corrected chi connectivity index (χ2v) is 5.49. The Morgan fingerprint density at radius 2 is 1.86 bits per heavy atom. The van der Waals surface area contributed by atoms with Gasteiger partial charge in [-0.1, -0.05) is 23.7 Å². The smallest absolute Gasteiger partial charge is 0.191 e. The molecule has 0 bridgehead atoms. The zero-order chi connectivity index (χ0) is 15.0. The molecule has 0 aromatic heterocycles. The maximum absolute atomic E-state index is 5.86. The largest absolute Gasteiger partial charge is 0.355 e. The Labute approximate surface area is 150 Å². The highest BCUT2D eigenvalue weighted by Crippen LogP contribution is 2.08. The van der Waals surface area contributed by atoms with Gasteiger partial charge in [-0.2, -0.15) is 0 Å².